The number of amides is 1. The Morgan fingerprint density at radius 3 is 2.84 bits per heavy atom. The van der Waals surface area contributed by atoms with Crippen LogP contribution in [0.5, 0.6) is 0 Å². The quantitative estimate of drug-likeness (QED) is 0.883. The Morgan fingerprint density at radius 1 is 1.42 bits per heavy atom. The predicted octanol–water partition coefficient (Wildman–Crippen LogP) is 2.35. The summed E-state index contributed by atoms with van der Waals surface area (Å²) in [6.07, 6.45) is 5.57. The molecule has 1 fully saturated rings. The van der Waals surface area contributed by atoms with Gasteiger partial charge in [-0.2, -0.15) is 0 Å². The highest BCUT2D eigenvalue weighted by molar-refractivity contribution is 5.81. The van der Waals surface area contributed by atoms with Gasteiger partial charge in [0.2, 0.25) is 5.91 Å². The number of likely N-dealkylation sites (tertiary alicyclic amines) is 1. The summed E-state index contributed by atoms with van der Waals surface area (Å²) in [6, 6.07) is 10.6. The van der Waals surface area contributed by atoms with Gasteiger partial charge in [0.15, 0.2) is 0 Å². The highest BCUT2D eigenvalue weighted by Crippen LogP contribution is 2.22. The van der Waals surface area contributed by atoms with Crippen LogP contribution in [0, 0.1) is 0 Å². The Kier molecular flexibility index (Phi) is 4.97. The normalized spacial score (nSPS) is 20.5. The maximum absolute atomic E-state index is 12.0. The second kappa shape index (κ2) is 6.71. The van der Waals surface area contributed by atoms with Gasteiger partial charge in [-0.25, -0.2) is 0 Å². The summed E-state index contributed by atoms with van der Waals surface area (Å²) in [4.78, 5) is 14.0. The molecule has 1 aromatic carbocycles. The monoisotopic (exact) mass is 260 g/mol. The molecule has 0 aliphatic carbocycles. The molecule has 1 amide bonds. The number of rotatable bonds is 5. The molecule has 0 bridgehead atoms. The van der Waals surface area contributed by atoms with E-state index in [1.54, 1.807) is 6.92 Å². The molecule has 3 nitrogen and oxygen atoms in total. The molecule has 0 saturated carbocycles. The summed E-state index contributed by atoms with van der Waals surface area (Å²) in [6.45, 7) is 2.66. The Balaban J connectivity index is 1.80. The summed E-state index contributed by atoms with van der Waals surface area (Å²) in [5.41, 5.74) is 7.09. The lowest BCUT2D eigenvalue weighted by Crippen LogP contribution is -2.44. The molecule has 1 aliphatic rings. The van der Waals surface area contributed by atoms with Gasteiger partial charge in [0.1, 0.15) is 0 Å². The van der Waals surface area contributed by atoms with E-state index in [1.165, 1.54) is 5.56 Å². The van der Waals surface area contributed by atoms with Crippen molar-refractivity contribution >= 4 is 5.91 Å². The molecule has 2 N–H and O–H groups in total. The third-order valence-electron chi connectivity index (χ3n) is 3.90. The van der Waals surface area contributed by atoms with Gasteiger partial charge in [0.25, 0.3) is 0 Å². The van der Waals surface area contributed by atoms with E-state index in [0.29, 0.717) is 6.04 Å². The van der Waals surface area contributed by atoms with Crippen molar-refractivity contribution in [3.05, 3.63) is 35.9 Å². The molecule has 3 heteroatoms. The molecule has 2 unspecified atom stereocenters. The highest BCUT2D eigenvalue weighted by Gasteiger charge is 2.29. The average Bonchev–Trinajstić information content (AvgIpc) is 2.87. The van der Waals surface area contributed by atoms with Crippen LogP contribution < -0.4 is 5.73 Å². The van der Waals surface area contributed by atoms with E-state index < -0.39 is 0 Å². The van der Waals surface area contributed by atoms with Gasteiger partial charge in [-0.3, -0.25) is 4.79 Å². The van der Waals surface area contributed by atoms with Gasteiger partial charge >= 0.3 is 0 Å². The number of aryl methyl sites for hydroxylation is 1. The van der Waals surface area contributed by atoms with Crippen LogP contribution in [0.4, 0.5) is 0 Å². The van der Waals surface area contributed by atoms with Crippen LogP contribution in [0.2, 0.25) is 0 Å². The first kappa shape index (κ1) is 14.1. The number of nitrogens with zero attached hydrogens (tertiary/aromatic N) is 1. The first-order chi connectivity index (χ1) is 9.18. The zero-order chi connectivity index (χ0) is 13.7. The summed E-state index contributed by atoms with van der Waals surface area (Å²) >= 11 is 0. The van der Waals surface area contributed by atoms with Crippen LogP contribution in [0.1, 0.15) is 38.2 Å². The molecule has 2 atom stereocenters. The average molecular weight is 260 g/mol. The fourth-order valence-electron chi connectivity index (χ4n) is 2.87. The fourth-order valence-corrected chi connectivity index (χ4v) is 2.87. The van der Waals surface area contributed by atoms with Crippen molar-refractivity contribution in [1.29, 1.82) is 0 Å². The van der Waals surface area contributed by atoms with Crippen LogP contribution in [0.15, 0.2) is 30.3 Å². The van der Waals surface area contributed by atoms with Gasteiger partial charge < -0.3 is 10.6 Å². The van der Waals surface area contributed by atoms with Crippen molar-refractivity contribution in [2.45, 2.75) is 51.1 Å². The van der Waals surface area contributed by atoms with Crippen LogP contribution in [0.3, 0.4) is 0 Å². The standard InChI is InChI=1S/C16H24N2O/c1-13(17)16(19)18-12-6-11-15(18)10-5-9-14-7-3-2-4-8-14/h2-4,7-8,13,15H,5-6,9-12,17H2,1H3. The SMILES string of the molecule is CC(N)C(=O)N1CCCC1CCCc1ccccc1. The minimum atomic E-state index is -0.366. The topological polar surface area (TPSA) is 46.3 Å². The Hall–Kier alpha value is -1.35. The van der Waals surface area contributed by atoms with Crippen molar-refractivity contribution in [1.82, 2.24) is 4.90 Å². The first-order valence-corrected chi connectivity index (χ1v) is 7.28. The molecular formula is C16H24N2O. The van der Waals surface area contributed by atoms with E-state index in [1.807, 2.05) is 11.0 Å². The van der Waals surface area contributed by atoms with Crippen LogP contribution in [-0.4, -0.2) is 29.4 Å². The number of nitrogens with two attached hydrogens (primary N) is 1. The molecule has 0 radical (unpaired) electrons. The first-order valence-electron chi connectivity index (χ1n) is 7.28. The summed E-state index contributed by atoms with van der Waals surface area (Å²) < 4.78 is 0. The van der Waals surface area contributed by atoms with Crippen LogP contribution >= 0.6 is 0 Å². The van der Waals surface area contributed by atoms with Crippen LogP contribution in [-0.2, 0) is 11.2 Å². The Morgan fingerprint density at radius 2 is 2.16 bits per heavy atom. The van der Waals surface area contributed by atoms with E-state index in [4.69, 9.17) is 5.73 Å². The minimum Gasteiger partial charge on any atom is -0.338 e. The largest absolute Gasteiger partial charge is 0.338 e. The maximum atomic E-state index is 12.0. The van der Waals surface area contributed by atoms with Gasteiger partial charge in [-0.05, 0) is 44.6 Å². The van der Waals surface area contributed by atoms with Crippen molar-refractivity contribution in [2.75, 3.05) is 6.54 Å². The number of benzene rings is 1. The molecule has 19 heavy (non-hydrogen) atoms. The fraction of sp³-hybridized carbons (Fsp3) is 0.562. The molecule has 104 valence electrons. The molecule has 0 aromatic heterocycles. The molecule has 1 saturated heterocycles. The third-order valence-corrected chi connectivity index (χ3v) is 3.90. The molecule has 1 aromatic rings. The maximum Gasteiger partial charge on any atom is 0.239 e. The second-order valence-corrected chi connectivity index (χ2v) is 5.49. The van der Waals surface area contributed by atoms with E-state index in [9.17, 15) is 4.79 Å². The van der Waals surface area contributed by atoms with Crippen molar-refractivity contribution in [3.8, 4) is 0 Å². The Labute approximate surface area is 115 Å². The molecular weight excluding hydrogens is 236 g/mol. The van der Waals surface area contributed by atoms with Gasteiger partial charge in [0.05, 0.1) is 6.04 Å². The number of hydrogen-bond acceptors (Lipinski definition) is 2. The zero-order valence-corrected chi connectivity index (χ0v) is 11.7. The molecule has 0 spiro atoms. The lowest BCUT2D eigenvalue weighted by molar-refractivity contribution is -0.133. The van der Waals surface area contributed by atoms with Crippen molar-refractivity contribution < 1.29 is 4.79 Å². The van der Waals surface area contributed by atoms with E-state index in [-0.39, 0.29) is 11.9 Å². The smallest absolute Gasteiger partial charge is 0.239 e. The minimum absolute atomic E-state index is 0.113. The zero-order valence-electron chi connectivity index (χ0n) is 11.7. The van der Waals surface area contributed by atoms with E-state index >= 15 is 0 Å². The summed E-state index contributed by atoms with van der Waals surface area (Å²) in [5, 5.41) is 0. The lowest BCUT2D eigenvalue weighted by Gasteiger charge is -2.26. The number of carbonyl (C=O) groups excluding carboxylic acids is 1. The van der Waals surface area contributed by atoms with E-state index in [2.05, 4.69) is 24.3 Å². The van der Waals surface area contributed by atoms with Gasteiger partial charge in [0, 0.05) is 12.6 Å². The van der Waals surface area contributed by atoms with Gasteiger partial charge in [-0.1, -0.05) is 30.3 Å². The predicted molar refractivity (Wildman–Crippen MR) is 77.8 cm³/mol. The lowest BCUT2D eigenvalue weighted by atomic mass is 10.0. The van der Waals surface area contributed by atoms with Crippen molar-refractivity contribution in [2.24, 2.45) is 5.73 Å². The second-order valence-electron chi connectivity index (χ2n) is 5.49. The number of hydrogen-bond donors (Lipinski definition) is 1. The molecule has 1 aliphatic heterocycles. The Bertz CT molecular complexity index is 402. The van der Waals surface area contributed by atoms with Crippen LogP contribution in [0.25, 0.3) is 0 Å². The van der Waals surface area contributed by atoms with Gasteiger partial charge in [-0.15, -0.1) is 0 Å². The summed E-state index contributed by atoms with van der Waals surface area (Å²) in [7, 11) is 0. The third kappa shape index (κ3) is 3.80. The van der Waals surface area contributed by atoms with E-state index in [0.717, 1.165) is 38.6 Å². The highest BCUT2D eigenvalue weighted by atomic mass is 16.2. The molecule has 1 heterocycles. The summed E-state index contributed by atoms with van der Waals surface area (Å²) in [5.74, 6) is 0.113. The molecule has 2 rings (SSSR count). The van der Waals surface area contributed by atoms with Crippen molar-refractivity contribution in [3.63, 3.8) is 0 Å². The number of carbonyl (C=O) groups is 1.